The third kappa shape index (κ3) is 3.79. The third-order valence-corrected chi connectivity index (χ3v) is 5.45. The SMILES string of the molecule is COCCN(C(=O)Cc1c(C)n(C(C)=O)c2ccc(OC)cc12)c1nccs1. The van der Waals surface area contributed by atoms with Gasteiger partial charge in [-0.1, -0.05) is 0 Å². The van der Waals surface area contributed by atoms with Crippen molar-refractivity contribution in [2.45, 2.75) is 20.3 Å². The Morgan fingerprint density at radius 3 is 2.68 bits per heavy atom. The molecule has 0 fully saturated rings. The van der Waals surface area contributed by atoms with Gasteiger partial charge in [0.05, 0.1) is 32.2 Å². The van der Waals surface area contributed by atoms with E-state index in [2.05, 4.69) is 4.98 Å². The van der Waals surface area contributed by atoms with Crippen molar-refractivity contribution in [3.63, 3.8) is 0 Å². The number of aromatic nitrogens is 2. The quantitative estimate of drug-likeness (QED) is 0.607. The molecule has 0 N–H and O–H groups in total. The lowest BCUT2D eigenvalue weighted by Crippen LogP contribution is -2.35. The van der Waals surface area contributed by atoms with E-state index in [1.165, 1.54) is 18.3 Å². The lowest BCUT2D eigenvalue weighted by molar-refractivity contribution is -0.118. The molecule has 0 radical (unpaired) electrons. The van der Waals surface area contributed by atoms with E-state index in [0.717, 1.165) is 22.2 Å². The van der Waals surface area contributed by atoms with Crippen molar-refractivity contribution in [1.82, 2.24) is 9.55 Å². The molecular weight excluding hydrogens is 378 g/mol. The van der Waals surface area contributed by atoms with E-state index in [1.54, 1.807) is 29.9 Å². The number of ether oxygens (including phenoxy) is 2. The van der Waals surface area contributed by atoms with Crippen molar-refractivity contribution in [3.05, 3.63) is 41.0 Å². The molecule has 0 aliphatic heterocycles. The van der Waals surface area contributed by atoms with Crippen molar-refractivity contribution in [1.29, 1.82) is 0 Å². The van der Waals surface area contributed by atoms with Gasteiger partial charge in [0, 0.05) is 36.7 Å². The summed E-state index contributed by atoms with van der Waals surface area (Å²) in [5.41, 5.74) is 2.34. The van der Waals surface area contributed by atoms with Crippen molar-refractivity contribution < 1.29 is 19.1 Å². The minimum atomic E-state index is -0.0967. The van der Waals surface area contributed by atoms with E-state index >= 15 is 0 Å². The van der Waals surface area contributed by atoms with Crippen LogP contribution in [0.1, 0.15) is 23.0 Å². The summed E-state index contributed by atoms with van der Waals surface area (Å²) >= 11 is 1.40. The largest absolute Gasteiger partial charge is 0.497 e. The van der Waals surface area contributed by atoms with Crippen LogP contribution in [-0.2, 0) is 16.0 Å². The molecule has 2 heterocycles. The predicted molar refractivity (Wildman–Crippen MR) is 110 cm³/mol. The van der Waals surface area contributed by atoms with Crippen LogP contribution in [0.4, 0.5) is 5.13 Å². The Hall–Kier alpha value is -2.71. The minimum absolute atomic E-state index is 0.0949. The molecule has 1 amide bonds. The van der Waals surface area contributed by atoms with Gasteiger partial charge in [-0.3, -0.25) is 19.1 Å². The van der Waals surface area contributed by atoms with Crippen molar-refractivity contribution in [3.8, 4) is 5.75 Å². The molecule has 0 spiro atoms. The second-order valence-electron chi connectivity index (χ2n) is 6.33. The van der Waals surface area contributed by atoms with Crippen LogP contribution in [-0.4, -0.2) is 48.7 Å². The maximum Gasteiger partial charge on any atom is 0.233 e. The number of carbonyl (C=O) groups excluding carboxylic acids is 2. The molecule has 1 aromatic carbocycles. The van der Waals surface area contributed by atoms with Crippen LogP contribution in [0.3, 0.4) is 0 Å². The molecule has 8 heteroatoms. The highest BCUT2D eigenvalue weighted by atomic mass is 32.1. The van der Waals surface area contributed by atoms with Crippen LogP contribution in [0.5, 0.6) is 5.75 Å². The molecule has 3 aromatic rings. The number of carbonyl (C=O) groups is 2. The standard InChI is InChI=1S/C20H23N3O4S/c1-13-16(12-19(25)22(8-9-26-3)20-21-7-10-28-20)17-11-15(27-4)5-6-18(17)23(13)14(2)24/h5-7,10-11H,8-9,12H2,1-4H3. The number of hydrogen-bond donors (Lipinski definition) is 0. The maximum absolute atomic E-state index is 13.2. The number of methoxy groups -OCH3 is 2. The number of rotatable bonds is 7. The topological polar surface area (TPSA) is 73.7 Å². The molecule has 0 saturated heterocycles. The summed E-state index contributed by atoms with van der Waals surface area (Å²) in [6, 6.07) is 5.53. The molecule has 0 aliphatic rings. The van der Waals surface area contributed by atoms with Gasteiger partial charge in [0.25, 0.3) is 0 Å². The number of amides is 1. The number of anilines is 1. The molecule has 0 aliphatic carbocycles. The fraction of sp³-hybridized carbons (Fsp3) is 0.350. The number of nitrogens with zero attached hydrogens (tertiary/aromatic N) is 3. The zero-order chi connectivity index (χ0) is 20.3. The summed E-state index contributed by atoms with van der Waals surface area (Å²) in [6.07, 6.45) is 1.82. The minimum Gasteiger partial charge on any atom is -0.497 e. The summed E-state index contributed by atoms with van der Waals surface area (Å²) in [6.45, 7) is 4.20. The molecule has 0 unspecified atom stereocenters. The van der Waals surface area contributed by atoms with Crippen molar-refractivity contribution in [2.75, 3.05) is 32.3 Å². The van der Waals surface area contributed by atoms with Crippen LogP contribution in [0, 0.1) is 6.92 Å². The van der Waals surface area contributed by atoms with Crippen LogP contribution in [0.25, 0.3) is 10.9 Å². The number of hydrogen-bond acceptors (Lipinski definition) is 6. The zero-order valence-corrected chi connectivity index (χ0v) is 17.2. The van der Waals surface area contributed by atoms with E-state index in [0.29, 0.717) is 24.0 Å². The van der Waals surface area contributed by atoms with Gasteiger partial charge >= 0.3 is 0 Å². The first-order chi connectivity index (χ1) is 13.5. The number of thiazole rings is 1. The van der Waals surface area contributed by atoms with Gasteiger partial charge in [-0.25, -0.2) is 4.98 Å². The molecule has 7 nitrogen and oxygen atoms in total. The molecule has 2 aromatic heterocycles. The summed E-state index contributed by atoms with van der Waals surface area (Å²) < 4.78 is 12.1. The summed E-state index contributed by atoms with van der Waals surface area (Å²) in [7, 11) is 3.19. The van der Waals surface area contributed by atoms with Gasteiger partial charge in [0.1, 0.15) is 5.75 Å². The highest BCUT2D eigenvalue weighted by Crippen LogP contribution is 2.30. The molecule has 28 heavy (non-hydrogen) atoms. The highest BCUT2D eigenvalue weighted by molar-refractivity contribution is 7.13. The van der Waals surface area contributed by atoms with Gasteiger partial charge in [0.15, 0.2) is 5.13 Å². The van der Waals surface area contributed by atoms with Gasteiger partial charge in [-0.15, -0.1) is 11.3 Å². The third-order valence-electron chi connectivity index (χ3n) is 4.66. The van der Waals surface area contributed by atoms with Gasteiger partial charge < -0.3 is 9.47 Å². The Kier molecular flexibility index (Phi) is 6.11. The first-order valence-electron chi connectivity index (χ1n) is 8.85. The van der Waals surface area contributed by atoms with E-state index in [-0.39, 0.29) is 18.2 Å². The second-order valence-corrected chi connectivity index (χ2v) is 7.20. The highest BCUT2D eigenvalue weighted by Gasteiger charge is 2.23. The van der Waals surface area contributed by atoms with Gasteiger partial charge in [0.2, 0.25) is 11.8 Å². The molecule has 0 saturated carbocycles. The fourth-order valence-corrected chi connectivity index (χ4v) is 4.01. The Balaban J connectivity index is 2.03. The van der Waals surface area contributed by atoms with E-state index in [1.807, 2.05) is 30.5 Å². The molecule has 0 bridgehead atoms. The average Bonchev–Trinajstić information content (AvgIpc) is 3.29. The van der Waals surface area contributed by atoms with E-state index < -0.39 is 0 Å². The van der Waals surface area contributed by atoms with Crippen LogP contribution in [0.2, 0.25) is 0 Å². The van der Waals surface area contributed by atoms with E-state index in [9.17, 15) is 9.59 Å². The molecule has 0 atom stereocenters. The van der Waals surface area contributed by atoms with E-state index in [4.69, 9.17) is 9.47 Å². The zero-order valence-electron chi connectivity index (χ0n) is 16.4. The summed E-state index contributed by atoms with van der Waals surface area (Å²) in [5, 5.41) is 3.30. The van der Waals surface area contributed by atoms with Crippen LogP contribution >= 0.6 is 11.3 Å². The lowest BCUT2D eigenvalue weighted by atomic mass is 10.1. The number of benzene rings is 1. The summed E-state index contributed by atoms with van der Waals surface area (Å²) in [5.74, 6) is 0.487. The first kappa shape index (κ1) is 20.0. The Morgan fingerprint density at radius 2 is 2.07 bits per heavy atom. The second kappa shape index (κ2) is 8.53. The molecule has 3 rings (SSSR count). The fourth-order valence-electron chi connectivity index (χ4n) is 3.32. The monoisotopic (exact) mass is 401 g/mol. The van der Waals surface area contributed by atoms with Crippen LogP contribution in [0.15, 0.2) is 29.8 Å². The maximum atomic E-state index is 13.2. The smallest absolute Gasteiger partial charge is 0.233 e. The van der Waals surface area contributed by atoms with Crippen molar-refractivity contribution in [2.24, 2.45) is 0 Å². The van der Waals surface area contributed by atoms with Gasteiger partial charge in [-0.2, -0.15) is 0 Å². The Bertz CT molecular complexity index is 995. The predicted octanol–water partition coefficient (Wildman–Crippen LogP) is 3.30. The normalized spacial score (nSPS) is 11.0. The Morgan fingerprint density at radius 1 is 1.29 bits per heavy atom. The van der Waals surface area contributed by atoms with Crippen LogP contribution < -0.4 is 9.64 Å². The summed E-state index contributed by atoms with van der Waals surface area (Å²) in [4.78, 5) is 31.3. The number of fused-ring (bicyclic) bond motifs is 1. The molecule has 148 valence electrons. The van der Waals surface area contributed by atoms with Gasteiger partial charge in [-0.05, 0) is 30.7 Å². The lowest BCUT2D eigenvalue weighted by Gasteiger charge is -2.19. The Labute approximate surface area is 167 Å². The average molecular weight is 401 g/mol. The first-order valence-corrected chi connectivity index (χ1v) is 9.73. The molecular formula is C20H23N3O4S. The van der Waals surface area contributed by atoms with Crippen molar-refractivity contribution >= 4 is 39.2 Å².